The number of hydrogen-bond donors (Lipinski definition) is 3. The van der Waals surface area contributed by atoms with Gasteiger partial charge < -0.3 is 20.5 Å². The number of nitrogens with one attached hydrogen (secondary N) is 2. The van der Waals surface area contributed by atoms with E-state index < -0.39 is 12.0 Å². The number of ketones is 2. The lowest BCUT2D eigenvalue weighted by Crippen LogP contribution is -2.45. The highest BCUT2D eigenvalue weighted by Gasteiger charge is 2.27. The topological polar surface area (TPSA) is 122 Å². The summed E-state index contributed by atoms with van der Waals surface area (Å²) in [5, 5.41) is 14.5. The molecule has 1 aromatic carbocycles. The molecule has 0 unspecified atom stereocenters. The Morgan fingerprint density at radius 2 is 1.58 bits per heavy atom. The van der Waals surface area contributed by atoms with E-state index in [1.807, 2.05) is 13.8 Å². The molecule has 0 bridgehead atoms. The van der Waals surface area contributed by atoms with Crippen LogP contribution in [0, 0.1) is 11.8 Å². The summed E-state index contributed by atoms with van der Waals surface area (Å²) in [6.45, 7) is 7.19. The van der Waals surface area contributed by atoms with Crippen molar-refractivity contribution in [3.63, 3.8) is 0 Å². The fourth-order valence-electron chi connectivity index (χ4n) is 2.81. The van der Waals surface area contributed by atoms with Crippen LogP contribution in [-0.2, 0) is 30.5 Å². The predicted molar refractivity (Wildman–Crippen MR) is 117 cm³/mol. The summed E-state index contributed by atoms with van der Waals surface area (Å²) in [6.07, 6.45) is 0.557. The average Bonchev–Trinajstić information content (AvgIpc) is 2.71. The van der Waals surface area contributed by atoms with E-state index in [-0.39, 0.29) is 62.0 Å². The number of aliphatic hydroxyl groups excluding tert-OH is 1. The number of anilines is 1. The highest BCUT2D eigenvalue weighted by atomic mass is 16.5. The number of hydrogen-bond acceptors (Lipinski definition) is 6. The van der Waals surface area contributed by atoms with Gasteiger partial charge in [0.05, 0.1) is 19.8 Å². The number of benzene rings is 1. The van der Waals surface area contributed by atoms with E-state index in [2.05, 4.69) is 10.6 Å². The van der Waals surface area contributed by atoms with Gasteiger partial charge in [0, 0.05) is 30.9 Å². The van der Waals surface area contributed by atoms with E-state index >= 15 is 0 Å². The van der Waals surface area contributed by atoms with Crippen LogP contribution < -0.4 is 10.6 Å². The Labute approximate surface area is 183 Å². The van der Waals surface area contributed by atoms with Crippen LogP contribution >= 0.6 is 0 Å². The third kappa shape index (κ3) is 10.3. The molecule has 3 N–H and O–H groups in total. The lowest BCUT2D eigenvalue weighted by atomic mass is 9.89. The van der Waals surface area contributed by atoms with Gasteiger partial charge in [-0.3, -0.25) is 19.2 Å². The smallest absolute Gasteiger partial charge is 0.246 e. The van der Waals surface area contributed by atoms with Gasteiger partial charge in [0.25, 0.3) is 0 Å². The van der Waals surface area contributed by atoms with Gasteiger partial charge in [0.1, 0.15) is 17.6 Å². The van der Waals surface area contributed by atoms with Gasteiger partial charge in [-0.25, -0.2) is 0 Å². The number of amides is 2. The average molecular weight is 435 g/mol. The summed E-state index contributed by atoms with van der Waals surface area (Å²) in [7, 11) is 0. The van der Waals surface area contributed by atoms with Crippen LogP contribution in [0.5, 0.6) is 0 Å². The molecule has 0 saturated heterocycles. The molecule has 1 rings (SSSR count). The van der Waals surface area contributed by atoms with E-state index in [0.717, 1.165) is 5.56 Å². The van der Waals surface area contributed by atoms with Crippen molar-refractivity contribution in [2.75, 3.05) is 18.5 Å². The van der Waals surface area contributed by atoms with Crippen LogP contribution in [0.1, 0.15) is 52.5 Å². The quantitative estimate of drug-likeness (QED) is 0.386. The van der Waals surface area contributed by atoms with Crippen molar-refractivity contribution in [2.45, 2.75) is 59.6 Å². The molecule has 0 fully saturated rings. The first-order chi connectivity index (χ1) is 14.6. The summed E-state index contributed by atoms with van der Waals surface area (Å²) in [5.74, 6) is -1.43. The maximum Gasteiger partial charge on any atom is 0.246 e. The van der Waals surface area contributed by atoms with Gasteiger partial charge in [-0.2, -0.15) is 0 Å². The molecule has 2 amide bonds. The van der Waals surface area contributed by atoms with E-state index in [4.69, 9.17) is 9.84 Å². The Hall–Kier alpha value is -2.58. The van der Waals surface area contributed by atoms with Crippen molar-refractivity contribution in [3.05, 3.63) is 29.8 Å². The van der Waals surface area contributed by atoms with Gasteiger partial charge in [0.2, 0.25) is 11.8 Å². The van der Waals surface area contributed by atoms with Crippen molar-refractivity contribution >= 4 is 29.1 Å². The van der Waals surface area contributed by atoms with Crippen LogP contribution in [0.15, 0.2) is 24.3 Å². The third-order valence-electron chi connectivity index (χ3n) is 4.87. The Bertz CT molecular complexity index is 745. The molecule has 0 aromatic heterocycles. The molecular formula is C23H34N2O6. The highest BCUT2D eigenvalue weighted by molar-refractivity contribution is 5.97. The van der Waals surface area contributed by atoms with Crippen molar-refractivity contribution in [2.24, 2.45) is 11.8 Å². The second-order valence-electron chi connectivity index (χ2n) is 7.98. The van der Waals surface area contributed by atoms with Gasteiger partial charge in [-0.1, -0.05) is 26.0 Å². The minimum absolute atomic E-state index is 0.0307. The zero-order chi connectivity index (χ0) is 23.4. The van der Waals surface area contributed by atoms with E-state index in [1.165, 1.54) is 6.92 Å². The monoisotopic (exact) mass is 434 g/mol. The molecule has 8 nitrogen and oxygen atoms in total. The molecule has 0 heterocycles. The molecule has 31 heavy (non-hydrogen) atoms. The Balaban J connectivity index is 2.52. The zero-order valence-corrected chi connectivity index (χ0v) is 18.8. The largest absolute Gasteiger partial charge is 0.392 e. The first-order valence-electron chi connectivity index (χ1n) is 10.5. The third-order valence-corrected chi connectivity index (χ3v) is 4.87. The number of carbonyl (C=O) groups excluding carboxylic acids is 4. The number of ether oxygens (including phenoxy) is 1. The number of aliphatic hydroxyl groups is 1. The molecule has 0 spiro atoms. The molecular weight excluding hydrogens is 400 g/mol. The molecule has 0 aliphatic carbocycles. The van der Waals surface area contributed by atoms with E-state index in [9.17, 15) is 19.2 Å². The molecule has 0 aliphatic rings. The number of Topliss-reactive ketones (excluding diaryl/α,β-unsaturated/α-hetero) is 2. The summed E-state index contributed by atoms with van der Waals surface area (Å²) >= 11 is 0. The minimum Gasteiger partial charge on any atom is -0.392 e. The van der Waals surface area contributed by atoms with Crippen LogP contribution in [0.4, 0.5) is 5.69 Å². The van der Waals surface area contributed by atoms with Gasteiger partial charge in [-0.05, 0) is 37.5 Å². The van der Waals surface area contributed by atoms with Crippen LogP contribution in [0.25, 0.3) is 0 Å². The van der Waals surface area contributed by atoms with Crippen LogP contribution in [0.3, 0.4) is 0 Å². The molecule has 2 atom stereocenters. The van der Waals surface area contributed by atoms with Gasteiger partial charge in [-0.15, -0.1) is 0 Å². The summed E-state index contributed by atoms with van der Waals surface area (Å²) in [5.41, 5.74) is 1.29. The van der Waals surface area contributed by atoms with Crippen molar-refractivity contribution in [3.8, 4) is 0 Å². The Morgan fingerprint density at radius 1 is 0.968 bits per heavy atom. The molecule has 0 aliphatic heterocycles. The SMILES string of the molecule is CC(=O)CCOCCC(=O)C[C@H](C(=O)N[C@@H](C)C(=O)Nc1ccc(CO)cc1)C(C)C. The molecule has 172 valence electrons. The standard InChI is InChI=1S/C23H34N2O6/c1-15(2)21(13-20(28)10-12-31-11-9-16(3)27)23(30)24-17(4)22(29)25-19-7-5-18(14-26)6-8-19/h5-8,15,17,21,26H,9-14H2,1-4H3,(H,24,30)(H,25,29)/t17-,21-/m0/s1. The van der Waals surface area contributed by atoms with Crippen molar-refractivity contribution < 1.29 is 29.0 Å². The van der Waals surface area contributed by atoms with Gasteiger partial charge in [0.15, 0.2) is 0 Å². The lowest BCUT2D eigenvalue weighted by Gasteiger charge is -2.22. The van der Waals surface area contributed by atoms with Crippen molar-refractivity contribution in [1.29, 1.82) is 0 Å². The normalized spacial score (nSPS) is 12.8. The fourth-order valence-corrected chi connectivity index (χ4v) is 2.81. The fraction of sp³-hybridized carbons (Fsp3) is 0.565. The van der Waals surface area contributed by atoms with Crippen molar-refractivity contribution in [1.82, 2.24) is 5.32 Å². The molecule has 8 heteroatoms. The predicted octanol–water partition coefficient (Wildman–Crippen LogP) is 2.24. The molecule has 0 radical (unpaired) electrons. The summed E-state index contributed by atoms with van der Waals surface area (Å²) < 4.78 is 5.28. The maximum atomic E-state index is 12.7. The highest BCUT2D eigenvalue weighted by Crippen LogP contribution is 2.17. The molecule has 1 aromatic rings. The summed E-state index contributed by atoms with van der Waals surface area (Å²) in [4.78, 5) is 48.2. The molecule has 0 saturated carbocycles. The first-order valence-corrected chi connectivity index (χ1v) is 10.5. The second-order valence-corrected chi connectivity index (χ2v) is 7.98. The minimum atomic E-state index is -0.781. The van der Waals surface area contributed by atoms with E-state index in [1.54, 1.807) is 31.2 Å². The summed E-state index contributed by atoms with van der Waals surface area (Å²) in [6, 6.07) is 5.96. The second kappa shape index (κ2) is 13.7. The Morgan fingerprint density at radius 3 is 2.13 bits per heavy atom. The maximum absolute atomic E-state index is 12.7. The zero-order valence-electron chi connectivity index (χ0n) is 18.8. The van der Waals surface area contributed by atoms with Crippen LogP contribution in [-0.4, -0.2) is 47.7 Å². The first kappa shape index (κ1) is 26.5. The van der Waals surface area contributed by atoms with E-state index in [0.29, 0.717) is 12.1 Å². The van der Waals surface area contributed by atoms with Crippen LogP contribution in [0.2, 0.25) is 0 Å². The Kier molecular flexibility index (Phi) is 11.7. The number of carbonyl (C=O) groups is 4. The van der Waals surface area contributed by atoms with Gasteiger partial charge >= 0.3 is 0 Å². The lowest BCUT2D eigenvalue weighted by molar-refractivity contribution is -0.133. The number of rotatable bonds is 14.